The van der Waals surface area contributed by atoms with Crippen LogP contribution in [0.1, 0.15) is 73.3 Å². The molecule has 0 bridgehead atoms. The molecule has 41 heavy (non-hydrogen) atoms. The van der Waals surface area contributed by atoms with Crippen molar-refractivity contribution in [2.24, 2.45) is 0 Å². The maximum atomic E-state index is 10.9. The first-order valence-corrected chi connectivity index (χ1v) is 13.3. The summed E-state index contributed by atoms with van der Waals surface area (Å²) in [6, 6.07) is 6.83. The number of aromatic hydroxyl groups is 2. The highest BCUT2D eigenvalue weighted by Gasteiger charge is 2.35. The number of phenols is 2. The quantitative estimate of drug-likeness (QED) is 0.139. The molecule has 0 aliphatic heterocycles. The van der Waals surface area contributed by atoms with Crippen LogP contribution in [0, 0.1) is 0 Å². The molecule has 6 N–H and O–H groups in total. The summed E-state index contributed by atoms with van der Waals surface area (Å²) >= 11 is 0. The zero-order chi connectivity index (χ0) is 31.1. The third-order valence-corrected chi connectivity index (χ3v) is 7.11. The molecule has 9 heteroatoms. The van der Waals surface area contributed by atoms with Crippen LogP contribution in [-0.2, 0) is 32.8 Å². The Bertz CT molecular complexity index is 1220. The lowest BCUT2D eigenvalue weighted by molar-refractivity contribution is 0.174. The Morgan fingerprint density at radius 1 is 0.829 bits per heavy atom. The molecule has 0 radical (unpaired) electrons. The highest BCUT2D eigenvalue weighted by molar-refractivity contribution is 5.59. The monoisotopic (exact) mass is 572 g/mol. The lowest BCUT2D eigenvalue weighted by Crippen LogP contribution is -2.27. The molecule has 4 unspecified atom stereocenters. The van der Waals surface area contributed by atoms with Crippen LogP contribution in [0.5, 0.6) is 11.5 Å². The van der Waals surface area contributed by atoms with E-state index in [0.717, 1.165) is 0 Å². The zero-order valence-electron chi connectivity index (χ0n) is 24.9. The molecule has 4 atom stereocenters. The van der Waals surface area contributed by atoms with Gasteiger partial charge in [0.2, 0.25) is 0 Å². The van der Waals surface area contributed by atoms with E-state index in [2.05, 4.69) is 6.58 Å². The molecule has 2 aromatic carbocycles. The van der Waals surface area contributed by atoms with E-state index in [4.69, 9.17) is 14.2 Å². The molecular formula is C32H44O9. The Labute approximate surface area is 242 Å². The zero-order valence-corrected chi connectivity index (χ0v) is 24.9. The first-order chi connectivity index (χ1) is 19.2. The summed E-state index contributed by atoms with van der Waals surface area (Å²) in [4.78, 5) is 0. The van der Waals surface area contributed by atoms with Gasteiger partial charge in [0.05, 0.1) is 38.1 Å². The summed E-state index contributed by atoms with van der Waals surface area (Å²) in [5.74, 6) is -0.375. The van der Waals surface area contributed by atoms with Crippen molar-refractivity contribution in [1.29, 1.82) is 0 Å². The summed E-state index contributed by atoms with van der Waals surface area (Å²) < 4.78 is 16.0. The number of ether oxygens (including phenoxy) is 3. The van der Waals surface area contributed by atoms with Crippen molar-refractivity contribution in [1.82, 2.24) is 0 Å². The Kier molecular flexibility index (Phi) is 12.1. The standard InChI is InChI=1S/C32H44O9/c1-18(9-22(15-39-6)29(36)10-19(2)33)32(5,25-11-23(16-40-7)30(37)24(12-25)17-41-8)26-13-27(20(3)34)31(38)28(14-26)21(4)35/h9-14,19-21,33-38H,1,15-17H2,2-8H3/b22-9-,29-10-. The van der Waals surface area contributed by atoms with Crippen molar-refractivity contribution in [2.75, 3.05) is 27.9 Å². The molecule has 0 heterocycles. The lowest BCUT2D eigenvalue weighted by atomic mass is 9.69. The maximum absolute atomic E-state index is 10.9. The Morgan fingerprint density at radius 2 is 1.29 bits per heavy atom. The van der Waals surface area contributed by atoms with Crippen LogP contribution in [0.3, 0.4) is 0 Å². The number of aliphatic hydroxyl groups excluding tert-OH is 4. The van der Waals surface area contributed by atoms with Gasteiger partial charge in [-0.25, -0.2) is 0 Å². The van der Waals surface area contributed by atoms with Crippen LogP contribution in [-0.4, -0.2) is 64.7 Å². The van der Waals surface area contributed by atoms with Gasteiger partial charge in [-0.2, -0.15) is 0 Å². The minimum Gasteiger partial charge on any atom is -0.508 e. The van der Waals surface area contributed by atoms with E-state index >= 15 is 0 Å². The highest BCUT2D eigenvalue weighted by atomic mass is 16.5. The molecule has 0 aliphatic carbocycles. The van der Waals surface area contributed by atoms with E-state index in [1.807, 2.05) is 6.92 Å². The lowest BCUT2D eigenvalue weighted by Gasteiger charge is -2.35. The summed E-state index contributed by atoms with van der Waals surface area (Å²) in [6.07, 6.45) is -0.111. The second-order valence-corrected chi connectivity index (χ2v) is 10.4. The van der Waals surface area contributed by atoms with Crippen LogP contribution >= 0.6 is 0 Å². The Morgan fingerprint density at radius 3 is 1.68 bits per heavy atom. The van der Waals surface area contributed by atoms with Crippen molar-refractivity contribution < 1.29 is 44.8 Å². The number of hydrogen-bond acceptors (Lipinski definition) is 9. The molecule has 0 saturated heterocycles. The van der Waals surface area contributed by atoms with Gasteiger partial charge in [-0.3, -0.25) is 0 Å². The fraction of sp³-hybridized carbons (Fsp3) is 0.438. The van der Waals surface area contributed by atoms with Crippen LogP contribution in [0.4, 0.5) is 0 Å². The van der Waals surface area contributed by atoms with Crippen molar-refractivity contribution in [2.45, 2.75) is 64.6 Å². The van der Waals surface area contributed by atoms with Gasteiger partial charge in [-0.05, 0) is 80.8 Å². The first kappa shape index (κ1) is 34.0. The van der Waals surface area contributed by atoms with E-state index in [0.29, 0.717) is 33.4 Å². The normalized spacial score (nSPS) is 16.2. The van der Waals surface area contributed by atoms with Gasteiger partial charge in [0, 0.05) is 54.6 Å². The molecule has 2 rings (SSSR count). The van der Waals surface area contributed by atoms with Crippen LogP contribution in [0.2, 0.25) is 0 Å². The average molecular weight is 573 g/mol. The summed E-state index contributed by atoms with van der Waals surface area (Å²) in [7, 11) is 4.51. The van der Waals surface area contributed by atoms with Gasteiger partial charge >= 0.3 is 0 Å². The van der Waals surface area contributed by atoms with E-state index in [1.165, 1.54) is 48.2 Å². The van der Waals surface area contributed by atoms with Gasteiger partial charge in [0.1, 0.15) is 17.3 Å². The summed E-state index contributed by atoms with van der Waals surface area (Å²) in [5, 5.41) is 63.4. The largest absolute Gasteiger partial charge is 0.508 e. The summed E-state index contributed by atoms with van der Waals surface area (Å²) in [5.41, 5.74) is 2.34. The third-order valence-electron chi connectivity index (χ3n) is 7.11. The number of phenolic OH excluding ortho intramolecular Hbond substituents is 2. The molecule has 9 nitrogen and oxygen atoms in total. The highest BCUT2D eigenvalue weighted by Crippen LogP contribution is 2.45. The van der Waals surface area contributed by atoms with Gasteiger partial charge < -0.3 is 44.8 Å². The predicted octanol–water partition coefficient (Wildman–Crippen LogP) is 4.75. The van der Waals surface area contributed by atoms with Crippen molar-refractivity contribution in [3.63, 3.8) is 0 Å². The Balaban J connectivity index is 3.06. The number of benzene rings is 2. The smallest absolute Gasteiger partial charge is 0.127 e. The van der Waals surface area contributed by atoms with E-state index in [9.17, 15) is 30.6 Å². The SMILES string of the molecule is C=C(/C=C(COC)\C(O)=C\C(C)O)C(C)(c1cc(COC)c(O)c(COC)c1)c1cc(C(C)O)c(O)c(C(C)O)c1. The van der Waals surface area contributed by atoms with Crippen molar-refractivity contribution in [3.8, 4) is 11.5 Å². The number of rotatable bonds is 14. The van der Waals surface area contributed by atoms with E-state index in [-0.39, 0.29) is 48.2 Å². The topological polar surface area (TPSA) is 149 Å². The van der Waals surface area contributed by atoms with Crippen LogP contribution in [0.25, 0.3) is 0 Å². The minimum absolute atomic E-state index is 0.0109. The molecule has 0 amide bonds. The second-order valence-electron chi connectivity index (χ2n) is 10.4. The average Bonchev–Trinajstić information content (AvgIpc) is 2.89. The number of hydrogen-bond donors (Lipinski definition) is 6. The molecule has 0 fully saturated rings. The van der Waals surface area contributed by atoms with Gasteiger partial charge in [-0.1, -0.05) is 6.58 Å². The number of methoxy groups -OCH3 is 3. The molecule has 226 valence electrons. The third kappa shape index (κ3) is 7.77. The van der Waals surface area contributed by atoms with Gasteiger partial charge in [0.25, 0.3) is 0 Å². The fourth-order valence-electron chi connectivity index (χ4n) is 4.76. The predicted molar refractivity (Wildman–Crippen MR) is 157 cm³/mol. The van der Waals surface area contributed by atoms with Gasteiger partial charge in [-0.15, -0.1) is 0 Å². The molecule has 0 saturated carbocycles. The van der Waals surface area contributed by atoms with Crippen molar-refractivity contribution >= 4 is 0 Å². The first-order valence-electron chi connectivity index (χ1n) is 13.3. The van der Waals surface area contributed by atoms with Crippen LogP contribution in [0.15, 0.2) is 59.9 Å². The number of aliphatic hydroxyl groups is 4. The number of allylic oxidation sites excluding steroid dienone is 2. The van der Waals surface area contributed by atoms with E-state index in [1.54, 1.807) is 30.3 Å². The van der Waals surface area contributed by atoms with Gasteiger partial charge in [0.15, 0.2) is 0 Å². The molecule has 0 aromatic heterocycles. The molecule has 0 spiro atoms. The van der Waals surface area contributed by atoms with Crippen LogP contribution < -0.4 is 0 Å². The Hall–Kier alpha value is -3.18. The molecular weight excluding hydrogens is 528 g/mol. The van der Waals surface area contributed by atoms with Crippen molar-refractivity contribution in [3.05, 3.63) is 93.3 Å². The molecule has 2 aromatic rings. The fourth-order valence-corrected chi connectivity index (χ4v) is 4.76. The maximum Gasteiger partial charge on any atom is 0.127 e. The van der Waals surface area contributed by atoms with E-state index < -0.39 is 23.7 Å². The summed E-state index contributed by atoms with van der Waals surface area (Å²) in [6.45, 7) is 11.0. The minimum atomic E-state index is -1.12. The second kappa shape index (κ2) is 14.6. The molecule has 0 aliphatic rings.